The Hall–Kier alpha value is -0.220. The van der Waals surface area contributed by atoms with Crippen molar-refractivity contribution in [3.8, 4) is 0 Å². The van der Waals surface area contributed by atoms with Gasteiger partial charge in [0.15, 0.2) is 0 Å². The molecule has 0 N–H and O–H groups in total. The van der Waals surface area contributed by atoms with Crippen LogP contribution in [0.5, 0.6) is 0 Å². The van der Waals surface area contributed by atoms with E-state index >= 15 is 0 Å². The van der Waals surface area contributed by atoms with Crippen molar-refractivity contribution in [3.63, 3.8) is 0 Å². The van der Waals surface area contributed by atoms with Crippen molar-refractivity contribution in [1.82, 2.24) is 0 Å². The lowest BCUT2D eigenvalue weighted by atomic mass is 9.54. The summed E-state index contributed by atoms with van der Waals surface area (Å²) in [6.07, 6.45) is 6.37. The lowest BCUT2D eigenvalue weighted by Crippen LogP contribution is -2.59. The monoisotopic (exact) mass is 276 g/mol. The number of hydrogen-bond acceptors (Lipinski definition) is 2. The van der Waals surface area contributed by atoms with Gasteiger partial charge in [-0.25, -0.2) is 8.78 Å². The zero-order valence-corrected chi connectivity index (χ0v) is 12.1. The Labute approximate surface area is 114 Å². The molecule has 0 atom stereocenters. The van der Waals surface area contributed by atoms with Crippen molar-refractivity contribution in [2.24, 2.45) is 5.41 Å². The zero-order chi connectivity index (χ0) is 14.0. The van der Waals surface area contributed by atoms with E-state index in [9.17, 15) is 8.78 Å². The molecule has 3 fully saturated rings. The lowest BCUT2D eigenvalue weighted by molar-refractivity contribution is -0.274. The summed E-state index contributed by atoms with van der Waals surface area (Å²) in [6, 6.07) is 0. The van der Waals surface area contributed by atoms with Crippen LogP contribution in [0, 0.1) is 5.41 Å². The molecule has 0 aliphatic heterocycles. The van der Waals surface area contributed by atoms with Crippen LogP contribution in [0.3, 0.4) is 0 Å². The van der Waals surface area contributed by atoms with Crippen LogP contribution in [0.15, 0.2) is 0 Å². The summed E-state index contributed by atoms with van der Waals surface area (Å²) in [4.78, 5) is 0. The minimum absolute atomic E-state index is 0.116. The molecule has 0 heterocycles. The highest BCUT2D eigenvalue weighted by molar-refractivity contribution is 5.09. The maximum atomic E-state index is 14.5. The summed E-state index contributed by atoms with van der Waals surface area (Å²) in [5, 5.41) is 0. The SMILES string of the molecule is CCCCCC12CCC(OCOC)(CC1)CC2(F)F. The molecular weight excluding hydrogens is 250 g/mol. The number of alkyl halides is 2. The molecule has 19 heavy (non-hydrogen) atoms. The predicted molar refractivity (Wildman–Crippen MR) is 70.3 cm³/mol. The van der Waals surface area contributed by atoms with Crippen molar-refractivity contribution in [2.75, 3.05) is 13.9 Å². The smallest absolute Gasteiger partial charge is 0.256 e. The minimum atomic E-state index is -2.58. The quantitative estimate of drug-likeness (QED) is 0.502. The van der Waals surface area contributed by atoms with Gasteiger partial charge in [0, 0.05) is 18.9 Å². The van der Waals surface area contributed by atoms with Crippen molar-refractivity contribution < 1.29 is 18.3 Å². The van der Waals surface area contributed by atoms with Crippen molar-refractivity contribution in [2.45, 2.75) is 76.2 Å². The molecule has 0 saturated heterocycles. The molecule has 3 rings (SSSR count). The van der Waals surface area contributed by atoms with E-state index in [1.807, 2.05) is 0 Å². The van der Waals surface area contributed by atoms with Crippen LogP contribution in [0.4, 0.5) is 8.78 Å². The Kier molecular flexibility index (Phi) is 4.51. The summed E-state index contributed by atoms with van der Waals surface area (Å²) in [5.41, 5.74) is -1.38. The molecule has 3 saturated carbocycles. The lowest BCUT2D eigenvalue weighted by Gasteiger charge is -2.57. The second kappa shape index (κ2) is 5.65. The average Bonchev–Trinajstić information content (AvgIpc) is 2.38. The molecule has 4 heteroatoms. The van der Waals surface area contributed by atoms with Crippen LogP contribution in [0.25, 0.3) is 0 Å². The maximum Gasteiger partial charge on any atom is 0.256 e. The van der Waals surface area contributed by atoms with E-state index in [4.69, 9.17) is 9.47 Å². The Morgan fingerprint density at radius 1 is 1.05 bits per heavy atom. The largest absolute Gasteiger partial charge is 0.359 e. The van der Waals surface area contributed by atoms with E-state index in [-0.39, 0.29) is 13.2 Å². The highest BCUT2D eigenvalue weighted by atomic mass is 19.3. The van der Waals surface area contributed by atoms with Crippen LogP contribution in [0.2, 0.25) is 0 Å². The molecular formula is C15H26F2O2. The van der Waals surface area contributed by atoms with Gasteiger partial charge in [0.1, 0.15) is 6.79 Å². The number of methoxy groups -OCH3 is 1. The van der Waals surface area contributed by atoms with Crippen LogP contribution < -0.4 is 0 Å². The second-order valence-electron chi connectivity index (χ2n) is 6.35. The van der Waals surface area contributed by atoms with E-state index in [1.165, 1.54) is 7.11 Å². The molecule has 0 aromatic heterocycles. The van der Waals surface area contributed by atoms with E-state index in [1.54, 1.807) is 0 Å². The molecule has 0 amide bonds. The summed E-state index contributed by atoms with van der Waals surface area (Å²) in [7, 11) is 1.54. The van der Waals surface area contributed by atoms with Crippen LogP contribution >= 0.6 is 0 Å². The van der Waals surface area contributed by atoms with Crippen LogP contribution in [-0.2, 0) is 9.47 Å². The first-order chi connectivity index (χ1) is 8.99. The van der Waals surface area contributed by atoms with Crippen molar-refractivity contribution in [3.05, 3.63) is 0 Å². The Balaban J connectivity index is 2.03. The Bertz CT molecular complexity index is 297. The molecule has 3 aliphatic carbocycles. The van der Waals surface area contributed by atoms with Gasteiger partial charge in [-0.2, -0.15) is 0 Å². The molecule has 112 valence electrons. The van der Waals surface area contributed by atoms with Gasteiger partial charge in [-0.05, 0) is 32.1 Å². The fourth-order valence-corrected chi connectivity index (χ4v) is 3.84. The zero-order valence-electron chi connectivity index (χ0n) is 12.1. The molecule has 0 spiro atoms. The fourth-order valence-electron chi connectivity index (χ4n) is 3.84. The summed E-state index contributed by atoms with van der Waals surface area (Å²) >= 11 is 0. The summed E-state index contributed by atoms with van der Waals surface area (Å²) < 4.78 is 39.6. The van der Waals surface area contributed by atoms with Crippen molar-refractivity contribution in [1.29, 1.82) is 0 Å². The molecule has 2 nitrogen and oxygen atoms in total. The first kappa shape index (κ1) is 15.2. The van der Waals surface area contributed by atoms with Gasteiger partial charge in [0.25, 0.3) is 5.92 Å². The first-order valence-electron chi connectivity index (χ1n) is 7.50. The number of hydrogen-bond donors (Lipinski definition) is 0. The van der Waals surface area contributed by atoms with Gasteiger partial charge in [0.2, 0.25) is 0 Å². The van der Waals surface area contributed by atoms with E-state index in [0.717, 1.165) is 32.1 Å². The van der Waals surface area contributed by atoms with Gasteiger partial charge < -0.3 is 9.47 Å². The Morgan fingerprint density at radius 2 is 1.74 bits per heavy atom. The number of ether oxygens (including phenoxy) is 2. The normalized spacial score (nSPS) is 36.6. The topological polar surface area (TPSA) is 18.5 Å². The molecule has 3 aliphatic rings. The second-order valence-corrected chi connectivity index (χ2v) is 6.35. The third-order valence-electron chi connectivity index (χ3n) is 5.18. The average molecular weight is 276 g/mol. The van der Waals surface area contributed by atoms with Gasteiger partial charge >= 0.3 is 0 Å². The van der Waals surface area contributed by atoms with Gasteiger partial charge in [-0.15, -0.1) is 0 Å². The highest BCUT2D eigenvalue weighted by Gasteiger charge is 2.64. The highest BCUT2D eigenvalue weighted by Crippen LogP contribution is 2.63. The van der Waals surface area contributed by atoms with Gasteiger partial charge in [-0.1, -0.05) is 26.2 Å². The van der Waals surface area contributed by atoms with E-state index in [2.05, 4.69) is 6.92 Å². The van der Waals surface area contributed by atoms with Crippen molar-refractivity contribution >= 4 is 0 Å². The number of unbranched alkanes of at least 4 members (excludes halogenated alkanes) is 2. The van der Waals surface area contributed by atoms with E-state index < -0.39 is 16.9 Å². The first-order valence-corrected chi connectivity index (χ1v) is 7.50. The Morgan fingerprint density at radius 3 is 2.26 bits per heavy atom. The number of rotatable bonds is 7. The standard InChI is InChI=1S/C15H26F2O2/c1-3-4-5-6-13-7-9-14(10-8-13,19-12-18-2)11-15(13,16)17/h3-12H2,1-2H3. The van der Waals surface area contributed by atoms with Crippen LogP contribution in [-0.4, -0.2) is 25.4 Å². The molecule has 0 unspecified atom stereocenters. The predicted octanol–water partition coefficient (Wildman–Crippen LogP) is 4.53. The summed E-state index contributed by atoms with van der Waals surface area (Å²) in [5.74, 6) is -2.58. The maximum absolute atomic E-state index is 14.5. The third-order valence-corrected chi connectivity index (χ3v) is 5.18. The molecule has 0 aromatic rings. The number of fused-ring (bicyclic) bond motifs is 3. The minimum Gasteiger partial charge on any atom is -0.359 e. The summed E-state index contributed by atoms with van der Waals surface area (Å²) in [6.45, 7) is 2.24. The third kappa shape index (κ3) is 2.80. The van der Waals surface area contributed by atoms with Gasteiger partial charge in [-0.3, -0.25) is 0 Å². The van der Waals surface area contributed by atoms with Gasteiger partial charge in [0.05, 0.1) is 5.60 Å². The van der Waals surface area contributed by atoms with E-state index in [0.29, 0.717) is 19.3 Å². The van der Waals surface area contributed by atoms with Crippen LogP contribution in [0.1, 0.15) is 64.7 Å². The number of halogens is 2. The fraction of sp³-hybridized carbons (Fsp3) is 1.00. The molecule has 0 aromatic carbocycles. The molecule has 0 radical (unpaired) electrons. The molecule has 2 bridgehead atoms.